The number of rotatable bonds is 2. The summed E-state index contributed by atoms with van der Waals surface area (Å²) in [5.41, 5.74) is 0.414. The third kappa shape index (κ3) is 2.56. The second kappa shape index (κ2) is 4.84. The minimum atomic E-state index is -0.472. The van der Waals surface area contributed by atoms with Crippen LogP contribution in [0.1, 0.15) is 12.5 Å². The number of benzene rings is 1. The zero-order chi connectivity index (χ0) is 12.5. The van der Waals surface area contributed by atoms with Crippen LogP contribution in [0.2, 0.25) is 0 Å². The van der Waals surface area contributed by atoms with Crippen LogP contribution in [0.25, 0.3) is 0 Å². The lowest BCUT2D eigenvalue weighted by molar-refractivity contribution is -0.114. The number of aldehydes is 1. The fourth-order valence-electron chi connectivity index (χ4n) is 1.96. The van der Waals surface area contributed by atoms with E-state index >= 15 is 0 Å². The number of ether oxygens (including phenoxy) is 1. The first-order chi connectivity index (χ1) is 8.05. The van der Waals surface area contributed by atoms with Gasteiger partial charge in [-0.1, -0.05) is 6.07 Å². The number of morpholine rings is 1. The van der Waals surface area contributed by atoms with Crippen LogP contribution >= 0.6 is 15.9 Å². The molecular formula is C12H13BrFNO2. The van der Waals surface area contributed by atoms with Crippen LogP contribution in [0.3, 0.4) is 0 Å². The maximum absolute atomic E-state index is 13.2. The molecule has 2 rings (SSSR count). The smallest absolute Gasteiger partial charge is 0.139 e. The molecule has 1 fully saturated rings. The number of nitrogens with one attached hydrogen (secondary N) is 1. The summed E-state index contributed by atoms with van der Waals surface area (Å²) in [6.07, 6.45) is 0.829. The Balaban J connectivity index is 2.30. The molecule has 5 heteroatoms. The van der Waals surface area contributed by atoms with Gasteiger partial charge in [-0.3, -0.25) is 5.32 Å². The van der Waals surface area contributed by atoms with E-state index in [0.29, 0.717) is 17.7 Å². The van der Waals surface area contributed by atoms with E-state index in [-0.39, 0.29) is 11.9 Å². The molecule has 1 saturated heterocycles. The number of carbonyl (C=O) groups is 1. The Morgan fingerprint density at radius 2 is 2.41 bits per heavy atom. The van der Waals surface area contributed by atoms with Crippen molar-refractivity contribution in [2.45, 2.75) is 18.5 Å². The Labute approximate surface area is 107 Å². The van der Waals surface area contributed by atoms with Gasteiger partial charge >= 0.3 is 0 Å². The second-order valence-corrected chi connectivity index (χ2v) is 5.22. The van der Waals surface area contributed by atoms with Crippen molar-refractivity contribution in [1.29, 1.82) is 0 Å². The summed E-state index contributed by atoms with van der Waals surface area (Å²) in [6, 6.07) is 4.48. The fraction of sp³-hybridized carbons (Fsp3) is 0.417. The third-order valence-electron chi connectivity index (χ3n) is 2.91. The zero-order valence-corrected chi connectivity index (χ0v) is 11.0. The fourth-order valence-corrected chi connectivity index (χ4v) is 2.34. The molecule has 0 aliphatic carbocycles. The monoisotopic (exact) mass is 301 g/mol. The van der Waals surface area contributed by atoms with E-state index in [9.17, 15) is 9.18 Å². The van der Waals surface area contributed by atoms with Crippen LogP contribution in [-0.2, 0) is 15.1 Å². The number of hydrogen-bond acceptors (Lipinski definition) is 3. The molecule has 1 aromatic carbocycles. The van der Waals surface area contributed by atoms with Crippen LogP contribution in [0.15, 0.2) is 22.7 Å². The van der Waals surface area contributed by atoms with Crippen molar-refractivity contribution >= 4 is 22.2 Å². The van der Waals surface area contributed by atoms with Gasteiger partial charge in [0.1, 0.15) is 12.1 Å². The summed E-state index contributed by atoms with van der Waals surface area (Å²) in [5, 5.41) is 3.21. The number of halogens is 2. The number of hydrogen-bond donors (Lipinski definition) is 1. The average molecular weight is 302 g/mol. The summed E-state index contributed by atoms with van der Waals surface area (Å²) in [6.45, 7) is 2.76. The summed E-state index contributed by atoms with van der Waals surface area (Å²) in [4.78, 5) is 10.8. The Bertz CT molecular complexity index is 441. The van der Waals surface area contributed by atoms with Crippen LogP contribution in [0.5, 0.6) is 0 Å². The van der Waals surface area contributed by atoms with Crippen molar-refractivity contribution in [2.75, 3.05) is 13.2 Å². The summed E-state index contributed by atoms with van der Waals surface area (Å²) in [5.74, 6) is -0.305. The van der Waals surface area contributed by atoms with Gasteiger partial charge in [0.25, 0.3) is 0 Å². The van der Waals surface area contributed by atoms with Crippen LogP contribution in [-0.4, -0.2) is 25.5 Å². The Kier molecular flexibility index (Phi) is 3.61. The molecule has 1 heterocycles. The quantitative estimate of drug-likeness (QED) is 0.849. The normalized spacial score (nSPS) is 29.0. The molecule has 1 aliphatic rings. The lowest BCUT2D eigenvalue weighted by atomic mass is 9.91. The molecule has 3 nitrogen and oxygen atoms in total. The van der Waals surface area contributed by atoms with E-state index in [1.807, 2.05) is 6.92 Å². The average Bonchev–Trinajstić information content (AvgIpc) is 2.32. The Hall–Kier alpha value is -0.780. The van der Waals surface area contributed by atoms with E-state index in [0.717, 1.165) is 11.8 Å². The van der Waals surface area contributed by atoms with Gasteiger partial charge in [0.15, 0.2) is 0 Å². The third-order valence-corrected chi connectivity index (χ3v) is 3.52. The van der Waals surface area contributed by atoms with Crippen molar-refractivity contribution in [2.24, 2.45) is 0 Å². The van der Waals surface area contributed by atoms with Crippen molar-refractivity contribution in [3.63, 3.8) is 0 Å². The molecule has 0 spiro atoms. The van der Waals surface area contributed by atoms with Gasteiger partial charge < -0.3 is 9.53 Å². The summed E-state index contributed by atoms with van der Waals surface area (Å²) < 4.78 is 19.0. The molecule has 0 radical (unpaired) electrons. The van der Waals surface area contributed by atoms with E-state index in [1.54, 1.807) is 12.1 Å². The van der Waals surface area contributed by atoms with Crippen molar-refractivity contribution < 1.29 is 13.9 Å². The lowest BCUT2D eigenvalue weighted by Gasteiger charge is -2.38. The van der Waals surface area contributed by atoms with Gasteiger partial charge in [-0.25, -0.2) is 4.39 Å². The molecule has 0 aromatic heterocycles. The first-order valence-corrected chi connectivity index (χ1v) is 6.11. The molecule has 1 N–H and O–H groups in total. The highest BCUT2D eigenvalue weighted by Gasteiger charge is 2.34. The largest absolute Gasteiger partial charge is 0.377 e. The summed E-state index contributed by atoms with van der Waals surface area (Å²) in [7, 11) is 0. The molecule has 17 heavy (non-hydrogen) atoms. The van der Waals surface area contributed by atoms with Gasteiger partial charge in [0, 0.05) is 0 Å². The number of carbonyl (C=O) groups excluding carboxylic acids is 1. The minimum Gasteiger partial charge on any atom is -0.377 e. The van der Waals surface area contributed by atoms with Gasteiger partial charge in [-0.2, -0.15) is 0 Å². The minimum absolute atomic E-state index is 0.305. The maximum atomic E-state index is 13.2. The molecule has 1 aliphatic heterocycles. The molecule has 0 saturated carbocycles. The van der Waals surface area contributed by atoms with E-state index in [2.05, 4.69) is 21.2 Å². The standard InChI is InChI=1S/C12H13BrFNO2/c1-12(7-17-6-9(5-16)15-12)8-2-3-11(14)10(13)4-8/h2-5,9,15H,6-7H2,1H3. The Morgan fingerprint density at radius 1 is 1.65 bits per heavy atom. The van der Waals surface area contributed by atoms with Crippen molar-refractivity contribution in [1.82, 2.24) is 5.32 Å². The van der Waals surface area contributed by atoms with E-state index in [1.165, 1.54) is 6.07 Å². The van der Waals surface area contributed by atoms with Crippen molar-refractivity contribution in [3.05, 3.63) is 34.1 Å². The molecular weight excluding hydrogens is 289 g/mol. The summed E-state index contributed by atoms with van der Waals surface area (Å²) >= 11 is 3.16. The molecule has 1 aromatic rings. The molecule has 0 bridgehead atoms. The first kappa shape index (κ1) is 12.7. The first-order valence-electron chi connectivity index (χ1n) is 5.31. The predicted octanol–water partition coefficient (Wildman–Crippen LogP) is 1.99. The van der Waals surface area contributed by atoms with Crippen LogP contribution < -0.4 is 5.32 Å². The van der Waals surface area contributed by atoms with Gasteiger partial charge in [0.2, 0.25) is 0 Å². The highest BCUT2D eigenvalue weighted by molar-refractivity contribution is 9.10. The molecule has 2 unspecified atom stereocenters. The van der Waals surface area contributed by atoms with E-state index < -0.39 is 5.54 Å². The van der Waals surface area contributed by atoms with Gasteiger partial charge in [0.05, 0.1) is 29.3 Å². The predicted molar refractivity (Wildman–Crippen MR) is 65.3 cm³/mol. The van der Waals surface area contributed by atoms with Gasteiger partial charge in [-0.05, 0) is 40.5 Å². The molecule has 92 valence electrons. The SMILES string of the molecule is CC1(c2ccc(F)c(Br)c2)COCC(C=O)N1. The lowest BCUT2D eigenvalue weighted by Crippen LogP contribution is -2.55. The zero-order valence-electron chi connectivity index (χ0n) is 9.37. The Morgan fingerprint density at radius 3 is 3.06 bits per heavy atom. The molecule has 2 atom stereocenters. The van der Waals surface area contributed by atoms with Crippen molar-refractivity contribution in [3.8, 4) is 0 Å². The second-order valence-electron chi connectivity index (χ2n) is 4.36. The maximum Gasteiger partial charge on any atom is 0.139 e. The topological polar surface area (TPSA) is 38.3 Å². The van der Waals surface area contributed by atoms with Gasteiger partial charge in [-0.15, -0.1) is 0 Å². The highest BCUT2D eigenvalue weighted by Crippen LogP contribution is 2.28. The molecule has 0 amide bonds. The van der Waals surface area contributed by atoms with E-state index in [4.69, 9.17) is 4.74 Å². The van der Waals surface area contributed by atoms with Crippen LogP contribution in [0, 0.1) is 5.82 Å². The highest BCUT2D eigenvalue weighted by atomic mass is 79.9. The van der Waals surface area contributed by atoms with Crippen LogP contribution in [0.4, 0.5) is 4.39 Å².